The molecule has 0 bridgehead atoms. The Hall–Kier alpha value is -2.05. The molecule has 17 heavy (non-hydrogen) atoms. The van der Waals surface area contributed by atoms with Gasteiger partial charge in [0.1, 0.15) is 0 Å². The third-order valence-electron chi connectivity index (χ3n) is 2.42. The molecule has 3 N–H and O–H groups in total. The first-order valence-corrected chi connectivity index (χ1v) is 5.43. The van der Waals surface area contributed by atoms with Crippen molar-refractivity contribution in [3.8, 4) is 0 Å². The quantitative estimate of drug-likeness (QED) is 0.706. The smallest absolute Gasteiger partial charge is 0.330 e. The highest BCUT2D eigenvalue weighted by molar-refractivity contribution is 5.72. The highest BCUT2D eigenvalue weighted by atomic mass is 16.2. The summed E-state index contributed by atoms with van der Waals surface area (Å²) in [6, 6.07) is 0. The molecular formula is C10H15N5O2. The van der Waals surface area contributed by atoms with Gasteiger partial charge in [0.05, 0.1) is 0 Å². The molecule has 0 aromatic carbocycles. The van der Waals surface area contributed by atoms with Crippen LogP contribution in [0.4, 0.5) is 5.95 Å². The van der Waals surface area contributed by atoms with Crippen LogP contribution < -0.4 is 16.6 Å². The van der Waals surface area contributed by atoms with Crippen molar-refractivity contribution in [1.82, 2.24) is 19.5 Å². The topological polar surface area (TPSA) is 95.6 Å². The summed E-state index contributed by atoms with van der Waals surface area (Å²) in [5.41, 5.74) is -0.171. The summed E-state index contributed by atoms with van der Waals surface area (Å²) in [7, 11) is 1.69. The second-order valence-corrected chi connectivity index (χ2v) is 4.30. The van der Waals surface area contributed by atoms with E-state index in [1.54, 1.807) is 7.05 Å². The number of aromatic nitrogens is 4. The molecule has 92 valence electrons. The molecule has 0 atom stereocenters. The Labute approximate surface area is 96.9 Å². The molecule has 0 radical (unpaired) electrons. The van der Waals surface area contributed by atoms with Crippen LogP contribution in [0.5, 0.6) is 0 Å². The number of hydrogen-bond acceptors (Lipinski definition) is 4. The van der Waals surface area contributed by atoms with Gasteiger partial charge in [0, 0.05) is 13.6 Å². The number of imidazole rings is 1. The van der Waals surface area contributed by atoms with E-state index in [0.717, 1.165) is 0 Å². The van der Waals surface area contributed by atoms with E-state index in [-0.39, 0.29) is 5.92 Å². The number of hydrogen-bond donors (Lipinski definition) is 3. The molecule has 0 fully saturated rings. The standard InChI is InChI=1S/C10H15N5O2/c1-5(2)4-15-7-6(8(16)14-10(15)17)12-9(11-3)13-7/h5H,4H2,1-3H3,(H2,11,12,13)(H,14,16,17). The first kappa shape index (κ1) is 11.4. The summed E-state index contributed by atoms with van der Waals surface area (Å²) in [5.74, 6) is 0.755. The molecule has 0 aliphatic carbocycles. The molecule has 0 aliphatic rings. The lowest BCUT2D eigenvalue weighted by molar-refractivity contribution is 0.513. The molecule has 0 spiro atoms. The normalized spacial score (nSPS) is 11.3. The lowest BCUT2D eigenvalue weighted by Gasteiger charge is -2.07. The Balaban J connectivity index is 2.77. The van der Waals surface area contributed by atoms with Crippen molar-refractivity contribution in [2.45, 2.75) is 20.4 Å². The first-order valence-electron chi connectivity index (χ1n) is 5.43. The second kappa shape index (κ2) is 4.08. The molecule has 0 aliphatic heterocycles. The maximum Gasteiger partial charge on any atom is 0.330 e. The van der Waals surface area contributed by atoms with E-state index in [0.29, 0.717) is 23.7 Å². The van der Waals surface area contributed by atoms with Crippen LogP contribution in [0.25, 0.3) is 11.2 Å². The average molecular weight is 237 g/mol. The van der Waals surface area contributed by atoms with Crippen LogP contribution in [0.1, 0.15) is 13.8 Å². The van der Waals surface area contributed by atoms with Crippen molar-refractivity contribution in [1.29, 1.82) is 0 Å². The number of H-pyrrole nitrogens is 2. The van der Waals surface area contributed by atoms with E-state index < -0.39 is 11.2 Å². The average Bonchev–Trinajstić information content (AvgIpc) is 2.68. The van der Waals surface area contributed by atoms with E-state index in [1.807, 2.05) is 13.8 Å². The van der Waals surface area contributed by atoms with Crippen LogP contribution in [-0.2, 0) is 6.54 Å². The van der Waals surface area contributed by atoms with Gasteiger partial charge in [0.2, 0.25) is 5.95 Å². The maximum atomic E-state index is 11.7. The Bertz CT molecular complexity index is 649. The van der Waals surface area contributed by atoms with Gasteiger partial charge >= 0.3 is 5.69 Å². The minimum absolute atomic E-state index is 0.288. The fraction of sp³-hybridized carbons (Fsp3) is 0.500. The van der Waals surface area contributed by atoms with Crippen molar-refractivity contribution in [2.24, 2.45) is 5.92 Å². The van der Waals surface area contributed by atoms with Crippen LogP contribution in [-0.4, -0.2) is 26.6 Å². The fourth-order valence-electron chi connectivity index (χ4n) is 1.69. The van der Waals surface area contributed by atoms with Crippen molar-refractivity contribution >= 4 is 17.1 Å². The highest BCUT2D eigenvalue weighted by Crippen LogP contribution is 2.09. The second-order valence-electron chi connectivity index (χ2n) is 4.30. The predicted octanol–water partition coefficient (Wildman–Crippen LogP) is 0.111. The zero-order valence-corrected chi connectivity index (χ0v) is 10.00. The minimum Gasteiger partial charge on any atom is -0.359 e. The zero-order chi connectivity index (χ0) is 12.6. The molecule has 7 nitrogen and oxygen atoms in total. The Kier molecular flexibility index (Phi) is 2.74. The van der Waals surface area contributed by atoms with Gasteiger partial charge in [-0.3, -0.25) is 14.3 Å². The van der Waals surface area contributed by atoms with Gasteiger partial charge in [-0.15, -0.1) is 0 Å². The van der Waals surface area contributed by atoms with E-state index in [9.17, 15) is 9.59 Å². The Morgan fingerprint density at radius 2 is 2.06 bits per heavy atom. The number of nitrogens with one attached hydrogen (secondary N) is 3. The van der Waals surface area contributed by atoms with Crippen LogP contribution in [0.2, 0.25) is 0 Å². The van der Waals surface area contributed by atoms with E-state index in [4.69, 9.17) is 0 Å². The minimum atomic E-state index is -0.445. The fourth-order valence-corrected chi connectivity index (χ4v) is 1.69. The monoisotopic (exact) mass is 237 g/mol. The van der Waals surface area contributed by atoms with Gasteiger partial charge in [-0.2, -0.15) is 4.98 Å². The zero-order valence-electron chi connectivity index (χ0n) is 10.00. The van der Waals surface area contributed by atoms with Gasteiger partial charge < -0.3 is 10.3 Å². The van der Waals surface area contributed by atoms with Gasteiger partial charge in [0.25, 0.3) is 5.56 Å². The molecule has 0 saturated carbocycles. The molecule has 0 saturated heterocycles. The molecule has 2 rings (SSSR count). The van der Waals surface area contributed by atoms with Crippen molar-refractivity contribution in [2.75, 3.05) is 12.4 Å². The molecular weight excluding hydrogens is 222 g/mol. The number of aromatic amines is 2. The first-order chi connectivity index (χ1) is 8.02. The van der Waals surface area contributed by atoms with Crippen molar-refractivity contribution < 1.29 is 0 Å². The summed E-state index contributed by atoms with van der Waals surface area (Å²) in [5, 5.41) is 2.81. The van der Waals surface area contributed by atoms with Gasteiger partial charge in [0.15, 0.2) is 11.2 Å². The van der Waals surface area contributed by atoms with E-state index in [2.05, 4.69) is 20.3 Å². The van der Waals surface area contributed by atoms with Crippen LogP contribution in [0.3, 0.4) is 0 Å². The SMILES string of the molecule is CNc1nc2c([nH]1)c(=O)[nH]c(=O)n2CC(C)C. The molecule has 0 unspecified atom stereocenters. The number of nitrogens with zero attached hydrogens (tertiary/aromatic N) is 2. The third kappa shape index (κ3) is 1.95. The number of fused-ring (bicyclic) bond motifs is 1. The molecule has 0 amide bonds. The van der Waals surface area contributed by atoms with Gasteiger partial charge in [-0.05, 0) is 5.92 Å². The van der Waals surface area contributed by atoms with Crippen molar-refractivity contribution in [3.05, 3.63) is 20.8 Å². The maximum absolute atomic E-state index is 11.7. The molecule has 2 aromatic heterocycles. The van der Waals surface area contributed by atoms with Crippen molar-refractivity contribution in [3.63, 3.8) is 0 Å². The van der Waals surface area contributed by atoms with Crippen LogP contribution >= 0.6 is 0 Å². The summed E-state index contributed by atoms with van der Waals surface area (Å²) in [6.07, 6.45) is 0. The Morgan fingerprint density at radius 1 is 1.35 bits per heavy atom. The lowest BCUT2D eigenvalue weighted by atomic mass is 10.2. The predicted molar refractivity (Wildman–Crippen MR) is 65.4 cm³/mol. The van der Waals surface area contributed by atoms with E-state index >= 15 is 0 Å². The summed E-state index contributed by atoms with van der Waals surface area (Å²) < 4.78 is 1.47. The number of anilines is 1. The van der Waals surface area contributed by atoms with E-state index in [1.165, 1.54) is 4.57 Å². The largest absolute Gasteiger partial charge is 0.359 e. The molecule has 7 heteroatoms. The lowest BCUT2D eigenvalue weighted by Crippen LogP contribution is -2.31. The highest BCUT2D eigenvalue weighted by Gasteiger charge is 2.12. The van der Waals surface area contributed by atoms with Crippen LogP contribution in [0, 0.1) is 5.92 Å². The summed E-state index contributed by atoms with van der Waals surface area (Å²) >= 11 is 0. The number of rotatable bonds is 3. The molecule has 2 aromatic rings. The third-order valence-corrected chi connectivity index (χ3v) is 2.42. The van der Waals surface area contributed by atoms with Gasteiger partial charge in [-0.25, -0.2) is 4.79 Å². The van der Waals surface area contributed by atoms with Crippen LogP contribution in [0.15, 0.2) is 9.59 Å². The molecule has 2 heterocycles. The Morgan fingerprint density at radius 3 is 2.65 bits per heavy atom. The van der Waals surface area contributed by atoms with Gasteiger partial charge in [-0.1, -0.05) is 13.8 Å². The summed E-state index contributed by atoms with van der Waals surface area (Å²) in [4.78, 5) is 32.6. The summed E-state index contributed by atoms with van der Waals surface area (Å²) in [6.45, 7) is 4.50.